The van der Waals surface area contributed by atoms with Crippen molar-refractivity contribution < 1.29 is 14.4 Å². The number of imide groups is 1. The highest BCUT2D eigenvalue weighted by Gasteiger charge is 2.40. The molecule has 2 aromatic rings. The SMILES string of the molecule is Cc1cccc(C(=O)NNC2CC(=O)N(c3cc(Cl)cc(Cl)c3)C2=O)c1. The van der Waals surface area contributed by atoms with E-state index in [0.717, 1.165) is 10.5 Å². The summed E-state index contributed by atoms with van der Waals surface area (Å²) in [5, 5.41) is 0.634. The zero-order valence-electron chi connectivity index (χ0n) is 13.8. The fraction of sp³-hybridized carbons (Fsp3) is 0.167. The molecule has 1 fully saturated rings. The van der Waals surface area contributed by atoms with Crippen LogP contribution in [0.15, 0.2) is 42.5 Å². The van der Waals surface area contributed by atoms with E-state index in [2.05, 4.69) is 10.9 Å². The van der Waals surface area contributed by atoms with Gasteiger partial charge in [-0.15, -0.1) is 0 Å². The summed E-state index contributed by atoms with van der Waals surface area (Å²) >= 11 is 11.9. The normalized spacial score (nSPS) is 16.9. The number of hydrogen-bond acceptors (Lipinski definition) is 4. The maximum Gasteiger partial charge on any atom is 0.265 e. The first-order valence-corrected chi connectivity index (χ1v) is 8.56. The summed E-state index contributed by atoms with van der Waals surface area (Å²) in [6, 6.07) is 10.6. The molecule has 1 aliphatic rings. The lowest BCUT2D eigenvalue weighted by molar-refractivity contribution is -0.121. The molecule has 0 spiro atoms. The molecule has 3 rings (SSSR count). The fourth-order valence-electron chi connectivity index (χ4n) is 2.70. The molecule has 134 valence electrons. The minimum atomic E-state index is -0.867. The molecular formula is C18H15Cl2N3O3. The highest BCUT2D eigenvalue weighted by Crippen LogP contribution is 2.29. The van der Waals surface area contributed by atoms with E-state index in [4.69, 9.17) is 23.2 Å². The predicted molar refractivity (Wildman–Crippen MR) is 99.1 cm³/mol. The van der Waals surface area contributed by atoms with E-state index in [-0.39, 0.29) is 6.42 Å². The molecule has 1 unspecified atom stereocenters. The zero-order valence-corrected chi connectivity index (χ0v) is 15.3. The number of hydrogen-bond donors (Lipinski definition) is 2. The third kappa shape index (κ3) is 3.88. The predicted octanol–water partition coefficient (Wildman–Crippen LogP) is 2.87. The Morgan fingerprint density at radius 2 is 1.81 bits per heavy atom. The van der Waals surface area contributed by atoms with Crippen molar-refractivity contribution in [3.63, 3.8) is 0 Å². The van der Waals surface area contributed by atoms with Gasteiger partial charge in [-0.3, -0.25) is 19.8 Å². The highest BCUT2D eigenvalue weighted by atomic mass is 35.5. The van der Waals surface area contributed by atoms with Crippen molar-refractivity contribution in [1.29, 1.82) is 0 Å². The molecule has 0 bridgehead atoms. The second-order valence-corrected chi connectivity index (χ2v) is 6.79. The first-order chi connectivity index (χ1) is 12.3. The number of nitrogens with one attached hydrogen (secondary N) is 2. The van der Waals surface area contributed by atoms with Gasteiger partial charge >= 0.3 is 0 Å². The number of carbonyl (C=O) groups is 3. The summed E-state index contributed by atoms with van der Waals surface area (Å²) in [5.74, 6) is -1.29. The van der Waals surface area contributed by atoms with Crippen LogP contribution in [0.2, 0.25) is 10.0 Å². The summed E-state index contributed by atoms with van der Waals surface area (Å²) in [6.07, 6.45) is -0.0862. The molecule has 2 aromatic carbocycles. The van der Waals surface area contributed by atoms with Crippen LogP contribution in [0.1, 0.15) is 22.3 Å². The second-order valence-electron chi connectivity index (χ2n) is 5.92. The number of rotatable bonds is 4. The molecule has 6 nitrogen and oxygen atoms in total. The Labute approximate surface area is 160 Å². The smallest absolute Gasteiger partial charge is 0.265 e. The van der Waals surface area contributed by atoms with Crippen molar-refractivity contribution in [3.05, 3.63) is 63.6 Å². The number of hydrazine groups is 1. The van der Waals surface area contributed by atoms with Gasteiger partial charge in [-0.25, -0.2) is 10.3 Å². The largest absolute Gasteiger partial charge is 0.287 e. The van der Waals surface area contributed by atoms with E-state index in [9.17, 15) is 14.4 Å². The van der Waals surface area contributed by atoms with E-state index in [1.54, 1.807) is 18.2 Å². The van der Waals surface area contributed by atoms with E-state index < -0.39 is 23.8 Å². The van der Waals surface area contributed by atoms with E-state index >= 15 is 0 Å². The standard InChI is InChI=1S/C18H15Cl2N3O3/c1-10-3-2-4-11(5-10)17(25)22-21-15-9-16(24)23(18(15)26)14-7-12(19)6-13(20)8-14/h2-8,15,21H,9H2,1H3,(H,22,25). The molecule has 1 aliphatic heterocycles. The van der Waals surface area contributed by atoms with Crippen molar-refractivity contribution in [3.8, 4) is 0 Å². The van der Waals surface area contributed by atoms with Crippen LogP contribution in [0, 0.1) is 6.92 Å². The number of benzene rings is 2. The molecule has 3 amide bonds. The van der Waals surface area contributed by atoms with Crippen LogP contribution >= 0.6 is 23.2 Å². The van der Waals surface area contributed by atoms with Crippen molar-refractivity contribution in [1.82, 2.24) is 10.9 Å². The lowest BCUT2D eigenvalue weighted by atomic mass is 10.1. The Kier molecular flexibility index (Phi) is 5.27. The molecular weight excluding hydrogens is 377 g/mol. The summed E-state index contributed by atoms with van der Waals surface area (Å²) in [4.78, 5) is 38.0. The van der Waals surface area contributed by atoms with E-state index in [0.29, 0.717) is 21.3 Å². The number of anilines is 1. The number of amides is 3. The molecule has 1 saturated heterocycles. The summed E-state index contributed by atoms with van der Waals surface area (Å²) in [5.41, 5.74) is 6.79. The average molecular weight is 392 g/mol. The quantitative estimate of drug-likeness (QED) is 0.620. The van der Waals surface area contributed by atoms with E-state index in [1.165, 1.54) is 18.2 Å². The van der Waals surface area contributed by atoms with Crippen LogP contribution in [-0.2, 0) is 9.59 Å². The Balaban J connectivity index is 1.70. The first kappa shape index (κ1) is 18.4. The monoisotopic (exact) mass is 391 g/mol. The number of carbonyl (C=O) groups excluding carboxylic acids is 3. The molecule has 0 saturated carbocycles. The number of nitrogens with zero attached hydrogens (tertiary/aromatic N) is 1. The molecule has 26 heavy (non-hydrogen) atoms. The minimum absolute atomic E-state index is 0.0862. The zero-order chi connectivity index (χ0) is 18.8. The molecule has 1 heterocycles. The Morgan fingerprint density at radius 1 is 1.12 bits per heavy atom. The number of halogens is 2. The van der Waals surface area contributed by atoms with E-state index in [1.807, 2.05) is 13.0 Å². The van der Waals surface area contributed by atoms with Crippen molar-refractivity contribution in [2.45, 2.75) is 19.4 Å². The molecule has 8 heteroatoms. The van der Waals surface area contributed by atoms with Crippen LogP contribution < -0.4 is 15.8 Å². The summed E-state index contributed by atoms with van der Waals surface area (Å²) in [6.45, 7) is 1.87. The minimum Gasteiger partial charge on any atom is -0.287 e. The van der Waals surface area contributed by atoms with Gasteiger partial charge in [-0.05, 0) is 37.3 Å². The summed E-state index contributed by atoms with van der Waals surface area (Å²) < 4.78 is 0. The lowest BCUT2D eigenvalue weighted by Crippen LogP contribution is -2.48. The maximum atomic E-state index is 12.5. The van der Waals surface area contributed by atoms with Gasteiger partial charge in [0.25, 0.3) is 11.8 Å². The molecule has 2 N–H and O–H groups in total. The molecule has 0 aliphatic carbocycles. The van der Waals surface area contributed by atoms with Gasteiger partial charge in [-0.1, -0.05) is 40.9 Å². The van der Waals surface area contributed by atoms with Crippen molar-refractivity contribution in [2.75, 3.05) is 4.90 Å². The van der Waals surface area contributed by atoms with Crippen LogP contribution in [-0.4, -0.2) is 23.8 Å². The lowest BCUT2D eigenvalue weighted by Gasteiger charge is -2.16. The van der Waals surface area contributed by atoms with Gasteiger partial charge in [0.2, 0.25) is 5.91 Å². The van der Waals surface area contributed by atoms with Crippen LogP contribution in [0.25, 0.3) is 0 Å². The first-order valence-electron chi connectivity index (χ1n) is 7.80. The van der Waals surface area contributed by atoms with Gasteiger partial charge in [0.05, 0.1) is 12.1 Å². The third-order valence-corrected chi connectivity index (χ3v) is 4.33. The van der Waals surface area contributed by atoms with Crippen molar-refractivity contribution >= 4 is 46.6 Å². The molecule has 0 aromatic heterocycles. The maximum absolute atomic E-state index is 12.5. The Bertz CT molecular complexity index is 881. The van der Waals surface area contributed by atoms with Crippen LogP contribution in [0.4, 0.5) is 5.69 Å². The topological polar surface area (TPSA) is 78.5 Å². The van der Waals surface area contributed by atoms with Gasteiger partial charge in [-0.2, -0.15) is 0 Å². The van der Waals surface area contributed by atoms with Gasteiger partial charge in [0, 0.05) is 15.6 Å². The fourth-order valence-corrected chi connectivity index (χ4v) is 3.21. The van der Waals surface area contributed by atoms with Gasteiger partial charge in [0.1, 0.15) is 6.04 Å². The Hall–Kier alpha value is -2.41. The van der Waals surface area contributed by atoms with Gasteiger partial charge < -0.3 is 0 Å². The summed E-state index contributed by atoms with van der Waals surface area (Å²) in [7, 11) is 0. The highest BCUT2D eigenvalue weighted by molar-refractivity contribution is 6.35. The molecule has 1 atom stereocenters. The average Bonchev–Trinajstić information content (AvgIpc) is 2.85. The van der Waals surface area contributed by atoms with Gasteiger partial charge in [0.15, 0.2) is 0 Å². The van der Waals surface area contributed by atoms with Crippen molar-refractivity contribution in [2.24, 2.45) is 0 Å². The second kappa shape index (κ2) is 7.45. The number of aryl methyl sites for hydroxylation is 1. The third-order valence-electron chi connectivity index (χ3n) is 3.89. The Morgan fingerprint density at radius 3 is 2.46 bits per heavy atom. The van der Waals surface area contributed by atoms with Crippen LogP contribution in [0.5, 0.6) is 0 Å². The van der Waals surface area contributed by atoms with Crippen LogP contribution in [0.3, 0.4) is 0 Å². The molecule has 0 radical (unpaired) electrons.